The van der Waals surface area contributed by atoms with Crippen molar-refractivity contribution in [1.29, 1.82) is 0 Å². The summed E-state index contributed by atoms with van der Waals surface area (Å²) in [5.41, 5.74) is 1.79. The molecular weight excluding hydrogens is 322 g/mol. The van der Waals surface area contributed by atoms with E-state index in [1.54, 1.807) is 26.1 Å². The molecule has 0 aliphatic heterocycles. The van der Waals surface area contributed by atoms with E-state index in [-0.39, 0.29) is 6.42 Å². The topological polar surface area (TPSA) is 97.2 Å². The van der Waals surface area contributed by atoms with Crippen LogP contribution in [0, 0.1) is 6.92 Å². The quantitative estimate of drug-likeness (QED) is 0.672. The van der Waals surface area contributed by atoms with Gasteiger partial charge in [-0.15, -0.1) is 0 Å². The van der Waals surface area contributed by atoms with Gasteiger partial charge in [-0.2, -0.15) is 0 Å². The van der Waals surface area contributed by atoms with Crippen LogP contribution in [0.15, 0.2) is 41.1 Å². The molecule has 0 radical (unpaired) electrons. The van der Waals surface area contributed by atoms with E-state index in [1.807, 2.05) is 24.3 Å². The summed E-state index contributed by atoms with van der Waals surface area (Å²) in [6.45, 7) is 3.50. The highest BCUT2D eigenvalue weighted by molar-refractivity contribution is 5.95. The summed E-state index contributed by atoms with van der Waals surface area (Å²) < 4.78 is 10.2. The van der Waals surface area contributed by atoms with Crippen LogP contribution in [-0.4, -0.2) is 28.1 Å². The van der Waals surface area contributed by atoms with Crippen molar-refractivity contribution < 1.29 is 18.8 Å². The summed E-state index contributed by atoms with van der Waals surface area (Å²) in [4.78, 5) is 27.6. The number of para-hydroxylation sites is 1. The Bertz CT molecular complexity index is 897. The average molecular weight is 341 g/mol. The monoisotopic (exact) mass is 341 g/mol. The van der Waals surface area contributed by atoms with Gasteiger partial charge >= 0.3 is 5.97 Å². The maximum Gasteiger partial charge on any atom is 0.311 e. The summed E-state index contributed by atoms with van der Waals surface area (Å²) in [5, 5.41) is 7.24. The fourth-order valence-corrected chi connectivity index (χ4v) is 2.59. The highest BCUT2D eigenvalue weighted by Gasteiger charge is 2.22. The molecule has 0 saturated heterocycles. The Balaban J connectivity index is 1.62. The largest absolute Gasteiger partial charge is 0.452 e. The number of esters is 1. The van der Waals surface area contributed by atoms with Crippen molar-refractivity contribution >= 4 is 28.6 Å². The molecular formula is C18H19N3O4. The third-order valence-corrected chi connectivity index (χ3v) is 3.83. The number of benzene rings is 1. The first kappa shape index (κ1) is 16.8. The summed E-state index contributed by atoms with van der Waals surface area (Å²) >= 11 is 0. The maximum atomic E-state index is 12.2. The van der Waals surface area contributed by atoms with Crippen LogP contribution in [-0.2, 0) is 20.7 Å². The second-order valence-corrected chi connectivity index (χ2v) is 5.74. The number of nitrogens with one attached hydrogen (secondary N) is 2. The van der Waals surface area contributed by atoms with E-state index >= 15 is 0 Å². The summed E-state index contributed by atoms with van der Waals surface area (Å²) in [6.07, 6.45) is 1.36. The van der Waals surface area contributed by atoms with Gasteiger partial charge < -0.3 is 19.6 Å². The fraction of sp³-hybridized carbons (Fsp3) is 0.278. The molecule has 0 spiro atoms. The minimum Gasteiger partial charge on any atom is -0.452 e. The number of amides is 1. The first-order chi connectivity index (χ1) is 12.1. The molecule has 0 unspecified atom stereocenters. The van der Waals surface area contributed by atoms with Gasteiger partial charge in [-0.25, -0.2) is 0 Å². The second-order valence-electron chi connectivity index (χ2n) is 5.74. The number of carbonyl (C=O) groups excluding carboxylic acids is 2. The van der Waals surface area contributed by atoms with Crippen LogP contribution in [0.1, 0.15) is 24.7 Å². The van der Waals surface area contributed by atoms with Gasteiger partial charge in [0.15, 0.2) is 11.9 Å². The Hall–Kier alpha value is -3.09. The van der Waals surface area contributed by atoms with Gasteiger partial charge in [0.2, 0.25) is 0 Å². The van der Waals surface area contributed by atoms with Crippen LogP contribution in [0.2, 0.25) is 0 Å². The number of carbonyl (C=O) groups is 2. The van der Waals surface area contributed by atoms with E-state index in [0.29, 0.717) is 18.0 Å². The minimum absolute atomic E-state index is 0.0941. The number of hydrogen-bond acceptors (Lipinski definition) is 5. The van der Waals surface area contributed by atoms with Crippen LogP contribution < -0.4 is 5.32 Å². The lowest BCUT2D eigenvalue weighted by Crippen LogP contribution is -2.32. The minimum atomic E-state index is -0.880. The van der Waals surface area contributed by atoms with Crippen LogP contribution in [0.3, 0.4) is 0 Å². The summed E-state index contributed by atoms with van der Waals surface area (Å²) in [7, 11) is 0. The molecule has 1 amide bonds. The number of hydrogen-bond donors (Lipinski definition) is 2. The molecule has 0 saturated carbocycles. The smallest absolute Gasteiger partial charge is 0.311 e. The SMILES string of the molecule is CC[C@H](OC(=O)Cc1c[nH]c2ccccc12)C(=O)Nc1cc(C)on1. The zero-order chi connectivity index (χ0) is 17.8. The number of rotatable bonds is 6. The van der Waals surface area contributed by atoms with Crippen LogP contribution in [0.4, 0.5) is 5.82 Å². The van der Waals surface area contributed by atoms with Crippen LogP contribution in [0.5, 0.6) is 0 Å². The fourth-order valence-electron chi connectivity index (χ4n) is 2.59. The Labute approximate surface area is 144 Å². The number of aryl methyl sites for hydroxylation is 1. The van der Waals surface area contributed by atoms with Crippen LogP contribution >= 0.6 is 0 Å². The molecule has 1 atom stereocenters. The molecule has 2 heterocycles. The molecule has 0 aliphatic carbocycles. The highest BCUT2D eigenvalue weighted by atomic mass is 16.5. The maximum absolute atomic E-state index is 12.2. The van der Waals surface area contributed by atoms with E-state index in [4.69, 9.17) is 9.26 Å². The Kier molecular flexibility index (Phi) is 4.83. The van der Waals surface area contributed by atoms with Gasteiger partial charge in [-0.05, 0) is 25.0 Å². The summed E-state index contributed by atoms with van der Waals surface area (Å²) in [6, 6.07) is 9.30. The Morgan fingerprint density at radius 1 is 1.36 bits per heavy atom. The van der Waals surface area contributed by atoms with E-state index in [0.717, 1.165) is 16.5 Å². The first-order valence-electron chi connectivity index (χ1n) is 8.05. The molecule has 3 rings (SSSR count). The van der Waals surface area contributed by atoms with Crippen molar-refractivity contribution in [1.82, 2.24) is 10.1 Å². The van der Waals surface area contributed by atoms with Gasteiger partial charge in [0.25, 0.3) is 5.91 Å². The van der Waals surface area contributed by atoms with E-state index in [2.05, 4.69) is 15.5 Å². The third kappa shape index (κ3) is 3.88. The van der Waals surface area contributed by atoms with E-state index < -0.39 is 18.0 Å². The second kappa shape index (κ2) is 7.21. The number of fused-ring (bicyclic) bond motifs is 1. The van der Waals surface area contributed by atoms with Gasteiger partial charge in [-0.1, -0.05) is 30.3 Å². The van der Waals surface area contributed by atoms with Crippen molar-refractivity contribution in [2.24, 2.45) is 0 Å². The standard InChI is InChI=1S/C18H19N3O4/c1-3-15(18(23)20-16-8-11(2)25-21-16)24-17(22)9-12-10-19-14-7-5-4-6-13(12)14/h4-8,10,15,19H,3,9H2,1-2H3,(H,20,21,23)/t15-/m0/s1. The van der Waals surface area contributed by atoms with E-state index in [1.165, 1.54) is 0 Å². The molecule has 7 nitrogen and oxygen atoms in total. The Morgan fingerprint density at radius 2 is 2.16 bits per heavy atom. The molecule has 3 aromatic rings. The van der Waals surface area contributed by atoms with Gasteiger partial charge in [-0.3, -0.25) is 9.59 Å². The van der Waals surface area contributed by atoms with E-state index in [9.17, 15) is 9.59 Å². The van der Waals surface area contributed by atoms with Crippen molar-refractivity contribution in [2.45, 2.75) is 32.8 Å². The molecule has 0 bridgehead atoms. The average Bonchev–Trinajstić information content (AvgIpc) is 3.19. The van der Waals surface area contributed by atoms with Crippen molar-refractivity contribution in [3.63, 3.8) is 0 Å². The van der Waals surface area contributed by atoms with Gasteiger partial charge in [0, 0.05) is 23.2 Å². The highest BCUT2D eigenvalue weighted by Crippen LogP contribution is 2.19. The molecule has 7 heteroatoms. The normalized spacial score (nSPS) is 12.1. The van der Waals surface area contributed by atoms with Gasteiger partial charge in [0.1, 0.15) is 5.76 Å². The zero-order valence-corrected chi connectivity index (χ0v) is 14.0. The number of H-pyrrole nitrogens is 1. The Morgan fingerprint density at radius 3 is 2.88 bits per heavy atom. The molecule has 2 aromatic heterocycles. The number of aromatic amines is 1. The zero-order valence-electron chi connectivity index (χ0n) is 14.0. The molecule has 25 heavy (non-hydrogen) atoms. The molecule has 1 aromatic carbocycles. The van der Waals surface area contributed by atoms with Crippen molar-refractivity contribution in [2.75, 3.05) is 5.32 Å². The lowest BCUT2D eigenvalue weighted by atomic mass is 10.1. The van der Waals surface area contributed by atoms with Crippen LogP contribution in [0.25, 0.3) is 10.9 Å². The van der Waals surface area contributed by atoms with Crippen molar-refractivity contribution in [3.8, 4) is 0 Å². The summed E-state index contributed by atoms with van der Waals surface area (Å²) in [5.74, 6) is -0.000491. The third-order valence-electron chi connectivity index (χ3n) is 3.83. The van der Waals surface area contributed by atoms with Crippen molar-refractivity contribution in [3.05, 3.63) is 47.9 Å². The molecule has 2 N–H and O–H groups in total. The lowest BCUT2D eigenvalue weighted by molar-refractivity contribution is -0.153. The molecule has 0 aliphatic rings. The number of aromatic nitrogens is 2. The predicted octanol–water partition coefficient (Wildman–Crippen LogP) is 2.97. The molecule has 0 fully saturated rings. The number of ether oxygens (including phenoxy) is 1. The predicted molar refractivity (Wildman–Crippen MR) is 92.0 cm³/mol. The lowest BCUT2D eigenvalue weighted by Gasteiger charge is -2.14. The number of anilines is 1. The molecule has 130 valence electrons. The number of nitrogens with zero attached hydrogens (tertiary/aromatic N) is 1. The van der Waals surface area contributed by atoms with Gasteiger partial charge in [0.05, 0.1) is 6.42 Å². The first-order valence-corrected chi connectivity index (χ1v) is 8.05.